The summed E-state index contributed by atoms with van der Waals surface area (Å²) >= 11 is 5.84. The second kappa shape index (κ2) is 8.47. The second-order valence-electron chi connectivity index (χ2n) is 4.81. The lowest BCUT2D eigenvalue weighted by Crippen LogP contribution is -2.32. The summed E-state index contributed by atoms with van der Waals surface area (Å²) in [7, 11) is 0. The lowest BCUT2D eigenvalue weighted by atomic mass is 10.1. The second-order valence-corrected chi connectivity index (χ2v) is 5.25. The molecule has 0 unspecified atom stereocenters. The molecular weight excluding hydrogens is 342 g/mol. The Bertz CT molecular complexity index is 683. The third kappa shape index (κ3) is 5.68. The van der Waals surface area contributed by atoms with Gasteiger partial charge in [-0.3, -0.25) is 0 Å². The average molecular weight is 357 g/mol. The van der Waals surface area contributed by atoms with E-state index in [1.807, 2.05) is 0 Å². The van der Waals surface area contributed by atoms with Crippen LogP contribution >= 0.6 is 11.6 Å². The van der Waals surface area contributed by atoms with Crippen molar-refractivity contribution in [3.05, 3.63) is 59.1 Å². The number of ether oxygens (including phenoxy) is 1. The Morgan fingerprint density at radius 2 is 1.92 bits per heavy atom. The lowest BCUT2D eigenvalue weighted by Gasteiger charge is -2.13. The standard InChI is InChI=1S/C16H15ClF2N2O3/c17-11-3-1-2-10(8-11)14(22)9-20-16(23)21-12-4-6-13(7-5-12)24-15(18)19/h1-8,14-15,22H,9H2,(H2,20,21,23)/t14-/m0/s1. The first-order chi connectivity index (χ1) is 11.4. The van der Waals surface area contributed by atoms with Gasteiger partial charge in [-0.05, 0) is 42.0 Å². The quantitative estimate of drug-likeness (QED) is 0.737. The number of amides is 2. The van der Waals surface area contributed by atoms with Crippen LogP contribution in [0.2, 0.25) is 5.02 Å². The number of benzene rings is 2. The molecule has 1 atom stereocenters. The van der Waals surface area contributed by atoms with Gasteiger partial charge in [0.1, 0.15) is 5.75 Å². The predicted octanol–water partition coefficient (Wildman–Crippen LogP) is 3.80. The van der Waals surface area contributed by atoms with Gasteiger partial charge in [0.15, 0.2) is 0 Å². The lowest BCUT2D eigenvalue weighted by molar-refractivity contribution is -0.0498. The number of carbonyl (C=O) groups is 1. The topological polar surface area (TPSA) is 70.6 Å². The number of carbonyl (C=O) groups excluding carboxylic acids is 1. The molecule has 2 aromatic carbocycles. The molecule has 0 aliphatic rings. The maximum atomic E-state index is 12.0. The van der Waals surface area contributed by atoms with E-state index in [0.717, 1.165) is 0 Å². The molecule has 0 radical (unpaired) electrons. The minimum Gasteiger partial charge on any atom is -0.435 e. The van der Waals surface area contributed by atoms with E-state index < -0.39 is 18.7 Å². The number of alkyl halides is 2. The van der Waals surface area contributed by atoms with Crippen molar-refractivity contribution in [3.8, 4) is 5.75 Å². The number of hydrogen-bond donors (Lipinski definition) is 3. The van der Waals surface area contributed by atoms with E-state index in [9.17, 15) is 18.7 Å². The normalized spacial score (nSPS) is 11.9. The summed E-state index contributed by atoms with van der Waals surface area (Å²) in [4.78, 5) is 11.8. The fourth-order valence-corrected chi connectivity index (χ4v) is 2.11. The van der Waals surface area contributed by atoms with Gasteiger partial charge in [0.05, 0.1) is 6.10 Å². The van der Waals surface area contributed by atoms with Crippen LogP contribution < -0.4 is 15.4 Å². The molecule has 0 heterocycles. The van der Waals surface area contributed by atoms with E-state index in [1.165, 1.54) is 24.3 Å². The Kier molecular flexibility index (Phi) is 6.34. The van der Waals surface area contributed by atoms with Gasteiger partial charge in [0.25, 0.3) is 0 Å². The molecule has 2 rings (SSSR count). The number of urea groups is 1. The van der Waals surface area contributed by atoms with Crippen molar-refractivity contribution in [1.82, 2.24) is 5.32 Å². The van der Waals surface area contributed by atoms with Crippen LogP contribution in [-0.2, 0) is 0 Å². The van der Waals surface area contributed by atoms with Crippen molar-refractivity contribution in [3.63, 3.8) is 0 Å². The highest BCUT2D eigenvalue weighted by molar-refractivity contribution is 6.30. The van der Waals surface area contributed by atoms with Crippen LogP contribution in [-0.4, -0.2) is 24.3 Å². The smallest absolute Gasteiger partial charge is 0.387 e. The summed E-state index contributed by atoms with van der Waals surface area (Å²) in [5.41, 5.74) is 0.975. The number of hydrogen-bond acceptors (Lipinski definition) is 3. The van der Waals surface area contributed by atoms with Gasteiger partial charge in [-0.25, -0.2) is 4.79 Å². The highest BCUT2D eigenvalue weighted by Gasteiger charge is 2.10. The number of nitrogens with one attached hydrogen (secondary N) is 2. The van der Waals surface area contributed by atoms with Crippen LogP contribution in [0.15, 0.2) is 48.5 Å². The molecule has 5 nitrogen and oxygen atoms in total. The minimum absolute atomic E-state index is 0.00710. The largest absolute Gasteiger partial charge is 0.435 e. The highest BCUT2D eigenvalue weighted by atomic mass is 35.5. The summed E-state index contributed by atoms with van der Waals surface area (Å²) in [6, 6.07) is 11.6. The zero-order valence-electron chi connectivity index (χ0n) is 12.4. The first-order valence-electron chi connectivity index (χ1n) is 6.97. The molecule has 0 spiro atoms. The fourth-order valence-electron chi connectivity index (χ4n) is 1.92. The molecule has 24 heavy (non-hydrogen) atoms. The molecule has 0 saturated heterocycles. The van der Waals surface area contributed by atoms with Crippen molar-refractivity contribution in [1.29, 1.82) is 0 Å². The zero-order chi connectivity index (χ0) is 17.5. The molecule has 0 bridgehead atoms. The number of halogens is 3. The molecule has 0 aromatic heterocycles. The van der Waals surface area contributed by atoms with Crippen LogP contribution in [0.5, 0.6) is 5.75 Å². The summed E-state index contributed by atoms with van der Waals surface area (Å²) < 4.78 is 28.3. The molecule has 0 aliphatic heterocycles. The van der Waals surface area contributed by atoms with E-state index in [0.29, 0.717) is 16.3 Å². The van der Waals surface area contributed by atoms with Gasteiger partial charge in [-0.2, -0.15) is 8.78 Å². The molecule has 0 aliphatic carbocycles. The SMILES string of the molecule is O=C(NC[C@H](O)c1cccc(Cl)c1)Nc1ccc(OC(F)F)cc1. The Balaban J connectivity index is 1.82. The third-order valence-corrected chi connectivity index (χ3v) is 3.26. The molecule has 0 fully saturated rings. The summed E-state index contributed by atoms with van der Waals surface area (Å²) in [5.74, 6) is -0.00710. The summed E-state index contributed by atoms with van der Waals surface area (Å²) in [6.07, 6.45) is -0.906. The first-order valence-corrected chi connectivity index (χ1v) is 7.35. The van der Waals surface area contributed by atoms with Crippen molar-refractivity contribution in [2.75, 3.05) is 11.9 Å². The molecule has 2 amide bonds. The monoisotopic (exact) mass is 356 g/mol. The van der Waals surface area contributed by atoms with Crippen molar-refractivity contribution >= 4 is 23.3 Å². The summed E-state index contributed by atoms with van der Waals surface area (Å²) in [5, 5.41) is 15.5. The predicted molar refractivity (Wildman–Crippen MR) is 86.5 cm³/mol. The van der Waals surface area contributed by atoms with Gasteiger partial charge in [0.2, 0.25) is 0 Å². The van der Waals surface area contributed by atoms with Gasteiger partial charge >= 0.3 is 12.6 Å². The zero-order valence-corrected chi connectivity index (χ0v) is 13.1. The first kappa shape index (κ1) is 18.0. The Hall–Kier alpha value is -2.38. The molecule has 3 N–H and O–H groups in total. The van der Waals surface area contributed by atoms with Crippen molar-refractivity contribution in [2.24, 2.45) is 0 Å². The molecule has 0 saturated carbocycles. The van der Waals surface area contributed by atoms with Crippen molar-refractivity contribution in [2.45, 2.75) is 12.7 Å². The Morgan fingerprint density at radius 1 is 1.21 bits per heavy atom. The van der Waals surface area contributed by atoms with Gasteiger partial charge < -0.3 is 20.5 Å². The third-order valence-electron chi connectivity index (χ3n) is 3.03. The van der Waals surface area contributed by atoms with Crippen LogP contribution in [0.25, 0.3) is 0 Å². The Labute approximate surface area is 142 Å². The summed E-state index contributed by atoms with van der Waals surface area (Å²) in [6.45, 7) is -2.92. The van der Waals surface area contributed by atoms with E-state index >= 15 is 0 Å². The number of anilines is 1. The highest BCUT2D eigenvalue weighted by Crippen LogP contribution is 2.18. The van der Waals surface area contributed by atoms with Crippen LogP contribution in [0.3, 0.4) is 0 Å². The van der Waals surface area contributed by atoms with Gasteiger partial charge in [-0.15, -0.1) is 0 Å². The van der Waals surface area contributed by atoms with Crippen LogP contribution in [0, 0.1) is 0 Å². The van der Waals surface area contributed by atoms with E-state index in [2.05, 4.69) is 15.4 Å². The van der Waals surface area contributed by atoms with Gasteiger partial charge in [-0.1, -0.05) is 23.7 Å². The fraction of sp³-hybridized carbons (Fsp3) is 0.188. The van der Waals surface area contributed by atoms with Crippen LogP contribution in [0.4, 0.5) is 19.3 Å². The minimum atomic E-state index is -2.90. The molecule has 2 aromatic rings. The Morgan fingerprint density at radius 3 is 2.54 bits per heavy atom. The van der Waals surface area contributed by atoms with E-state index in [-0.39, 0.29) is 12.3 Å². The van der Waals surface area contributed by atoms with Crippen molar-refractivity contribution < 1.29 is 23.4 Å². The number of aliphatic hydroxyl groups is 1. The van der Waals surface area contributed by atoms with Crippen LogP contribution in [0.1, 0.15) is 11.7 Å². The van der Waals surface area contributed by atoms with E-state index in [4.69, 9.17) is 11.6 Å². The van der Waals surface area contributed by atoms with Gasteiger partial charge in [0, 0.05) is 17.3 Å². The molecule has 8 heteroatoms. The molecule has 128 valence electrons. The maximum Gasteiger partial charge on any atom is 0.387 e. The van der Waals surface area contributed by atoms with E-state index in [1.54, 1.807) is 24.3 Å². The number of aliphatic hydroxyl groups excluding tert-OH is 1. The number of rotatable bonds is 6. The molecular formula is C16H15ClF2N2O3. The average Bonchev–Trinajstić information content (AvgIpc) is 2.54. The maximum absolute atomic E-state index is 12.0.